The number of aromatic nitrogens is 6. The van der Waals surface area contributed by atoms with Crippen molar-refractivity contribution in [2.24, 2.45) is 16.9 Å². The van der Waals surface area contributed by atoms with Crippen LogP contribution in [0.25, 0.3) is 33.0 Å². The number of nitrogens with zero attached hydrogens (tertiary/aromatic N) is 4. The van der Waals surface area contributed by atoms with Crippen molar-refractivity contribution < 1.29 is 0 Å². The van der Waals surface area contributed by atoms with Gasteiger partial charge in [0.05, 0.1) is 22.4 Å². The van der Waals surface area contributed by atoms with Crippen LogP contribution in [0.2, 0.25) is 5.02 Å². The molecule has 0 aliphatic heterocycles. The van der Waals surface area contributed by atoms with Gasteiger partial charge >= 0.3 is 0 Å². The van der Waals surface area contributed by atoms with Crippen LogP contribution in [0.4, 0.5) is 0 Å². The molecular weight excluding hydrogens is 484 g/mol. The van der Waals surface area contributed by atoms with E-state index in [4.69, 9.17) is 17.4 Å². The molecule has 7 rings (SSSR count). The number of nitrogens with two attached hydrogens (primary N) is 1. The van der Waals surface area contributed by atoms with E-state index in [1.165, 1.54) is 67.8 Å². The predicted octanol–water partition coefficient (Wildman–Crippen LogP) is 6.95. The molecule has 5 N–H and O–H groups in total. The number of rotatable bonds is 3. The van der Waals surface area contributed by atoms with Crippen molar-refractivity contribution in [1.29, 1.82) is 0 Å². The molecule has 0 unspecified atom stereocenters. The number of nitrogens with one attached hydrogen (secondary N) is 3. The number of H-pyrrole nitrogens is 3. The smallest absolute Gasteiger partial charge is 0.159 e. The summed E-state index contributed by atoms with van der Waals surface area (Å²) in [5, 5.41) is 14.8. The lowest BCUT2D eigenvalue weighted by atomic mass is 9.83. The Balaban J connectivity index is 0.000000136. The van der Waals surface area contributed by atoms with Crippen LogP contribution in [0.5, 0.6) is 0 Å². The molecule has 0 radical (unpaired) electrons. The summed E-state index contributed by atoms with van der Waals surface area (Å²) in [4.78, 5) is 16.0. The van der Waals surface area contributed by atoms with Gasteiger partial charge in [-0.3, -0.25) is 5.10 Å². The molecule has 2 fully saturated rings. The first kappa shape index (κ1) is 24.0. The Bertz CT molecular complexity index is 1530. The van der Waals surface area contributed by atoms with Gasteiger partial charge in [0.25, 0.3) is 0 Å². The lowest BCUT2D eigenvalue weighted by Crippen LogP contribution is -2.21. The molecule has 2 aliphatic rings. The van der Waals surface area contributed by atoms with Gasteiger partial charge in [-0.1, -0.05) is 50.1 Å². The molecule has 2 saturated carbocycles. The first-order valence-corrected chi connectivity index (χ1v) is 13.8. The van der Waals surface area contributed by atoms with E-state index in [0.29, 0.717) is 16.9 Å². The molecular formula is C28H33ClN8. The molecule has 5 aromatic heterocycles. The highest BCUT2D eigenvalue weighted by Crippen LogP contribution is 2.37. The molecule has 192 valence electrons. The predicted molar refractivity (Wildman–Crippen MR) is 150 cm³/mol. The van der Waals surface area contributed by atoms with Gasteiger partial charge in [0.1, 0.15) is 5.65 Å². The van der Waals surface area contributed by atoms with Crippen LogP contribution in [0.15, 0.2) is 42.0 Å². The average molecular weight is 517 g/mol. The van der Waals surface area contributed by atoms with Crippen LogP contribution in [0.1, 0.15) is 81.4 Å². The third-order valence-corrected chi connectivity index (χ3v) is 8.36. The van der Waals surface area contributed by atoms with Gasteiger partial charge in [0, 0.05) is 57.8 Å². The lowest BCUT2D eigenvalue weighted by molar-refractivity contribution is 0.438. The topological polar surface area (TPSA) is 124 Å². The van der Waals surface area contributed by atoms with Gasteiger partial charge in [0.2, 0.25) is 0 Å². The summed E-state index contributed by atoms with van der Waals surface area (Å²) >= 11 is 6.34. The fourth-order valence-electron chi connectivity index (χ4n) is 6.23. The second kappa shape index (κ2) is 10.5. The van der Waals surface area contributed by atoms with Crippen LogP contribution in [-0.4, -0.2) is 35.8 Å². The molecule has 2 aliphatic carbocycles. The van der Waals surface area contributed by atoms with Gasteiger partial charge in [0.15, 0.2) is 5.65 Å². The Morgan fingerprint density at radius 2 is 1.68 bits per heavy atom. The summed E-state index contributed by atoms with van der Waals surface area (Å²) in [6.07, 6.45) is 20.0. The summed E-state index contributed by atoms with van der Waals surface area (Å²) < 4.78 is 0. The number of halogens is 1. The van der Waals surface area contributed by atoms with Crippen LogP contribution < -0.4 is 5.84 Å². The Labute approximate surface area is 220 Å². The van der Waals surface area contributed by atoms with E-state index in [1.54, 1.807) is 6.20 Å². The number of hydrogen-bond donors (Lipinski definition) is 4. The highest BCUT2D eigenvalue weighted by molar-refractivity contribution is 6.36. The maximum absolute atomic E-state index is 6.34. The quantitative estimate of drug-likeness (QED) is 0.118. The Morgan fingerprint density at radius 3 is 2.46 bits per heavy atom. The number of fused-ring (bicyclic) bond motifs is 4. The highest BCUT2D eigenvalue weighted by Gasteiger charge is 2.25. The van der Waals surface area contributed by atoms with E-state index in [2.05, 4.69) is 41.3 Å². The van der Waals surface area contributed by atoms with E-state index in [9.17, 15) is 0 Å². The zero-order chi connectivity index (χ0) is 25.2. The molecule has 5 heterocycles. The molecule has 5 aromatic rings. The number of hydrazone groups is 1. The SMILES string of the molecule is N/N=C(/c1c(Cl)cnc2[nH]ccc12)C1CCCCC1.c1cc2c(n1)ncc1[nH][nH]c(C3CCCCC3)c12. The van der Waals surface area contributed by atoms with E-state index in [1.807, 2.05) is 24.7 Å². The molecule has 9 heteroatoms. The molecule has 0 amide bonds. The van der Waals surface area contributed by atoms with Gasteiger partial charge in [-0.05, 0) is 37.8 Å². The minimum absolute atomic E-state index is 0.414. The Morgan fingerprint density at radius 1 is 0.892 bits per heavy atom. The van der Waals surface area contributed by atoms with Crippen LogP contribution >= 0.6 is 11.6 Å². The van der Waals surface area contributed by atoms with Gasteiger partial charge in [-0.25, -0.2) is 15.0 Å². The third-order valence-electron chi connectivity index (χ3n) is 8.08. The monoisotopic (exact) mass is 516 g/mol. The number of pyridine rings is 2. The average Bonchev–Trinajstić information content (AvgIpc) is 3.71. The minimum atomic E-state index is 0.414. The highest BCUT2D eigenvalue weighted by atomic mass is 35.5. The summed E-state index contributed by atoms with van der Waals surface area (Å²) in [7, 11) is 0. The van der Waals surface area contributed by atoms with Crippen molar-refractivity contribution in [3.63, 3.8) is 0 Å². The maximum atomic E-state index is 6.34. The van der Waals surface area contributed by atoms with E-state index < -0.39 is 0 Å². The molecule has 0 atom stereocenters. The first-order chi connectivity index (χ1) is 18.2. The fraction of sp³-hybridized carbons (Fsp3) is 0.429. The van der Waals surface area contributed by atoms with Crippen molar-refractivity contribution in [2.75, 3.05) is 0 Å². The van der Waals surface area contributed by atoms with Crippen molar-refractivity contribution >= 4 is 50.3 Å². The third kappa shape index (κ3) is 4.59. The standard InChI is InChI=1S/C14H17ClN4.C14H16N4/c15-11-8-18-14-10(6-7-17-14)12(11)13(19-16)9-4-2-1-3-5-9;1-2-4-9(5-3-1)13-12-10-6-7-15-14(10)16-8-11(12)17-18-13/h6-9H,1-5,16H2,(H,17,18);6-9,17-18H,1-5H2/b19-13+;. The van der Waals surface area contributed by atoms with E-state index >= 15 is 0 Å². The summed E-state index contributed by atoms with van der Waals surface area (Å²) in [6.45, 7) is 0. The minimum Gasteiger partial charge on any atom is -0.346 e. The van der Waals surface area contributed by atoms with E-state index in [-0.39, 0.29) is 0 Å². The molecule has 0 bridgehead atoms. The fourth-order valence-corrected chi connectivity index (χ4v) is 6.48. The summed E-state index contributed by atoms with van der Waals surface area (Å²) in [5.74, 6) is 6.74. The Hall–Kier alpha value is -3.39. The lowest BCUT2D eigenvalue weighted by Gasteiger charge is -2.23. The molecule has 37 heavy (non-hydrogen) atoms. The maximum Gasteiger partial charge on any atom is 0.159 e. The summed E-state index contributed by atoms with van der Waals surface area (Å²) in [5.41, 5.74) is 6.00. The van der Waals surface area contributed by atoms with E-state index in [0.717, 1.165) is 46.3 Å². The number of hydrogen-bond acceptors (Lipinski definition) is 5. The van der Waals surface area contributed by atoms with Crippen molar-refractivity contribution in [2.45, 2.75) is 70.1 Å². The molecule has 0 aromatic carbocycles. The second-order valence-electron chi connectivity index (χ2n) is 10.3. The van der Waals surface area contributed by atoms with Crippen LogP contribution in [0.3, 0.4) is 0 Å². The normalized spacial score (nSPS) is 17.9. The largest absolute Gasteiger partial charge is 0.346 e. The number of aromatic amines is 3. The van der Waals surface area contributed by atoms with Crippen molar-refractivity contribution in [3.8, 4) is 0 Å². The molecule has 0 spiro atoms. The van der Waals surface area contributed by atoms with Crippen LogP contribution in [-0.2, 0) is 0 Å². The van der Waals surface area contributed by atoms with Gasteiger partial charge in [-0.15, -0.1) is 0 Å². The summed E-state index contributed by atoms with van der Waals surface area (Å²) in [6, 6.07) is 4.05. The molecule has 8 nitrogen and oxygen atoms in total. The molecule has 0 saturated heterocycles. The zero-order valence-corrected chi connectivity index (χ0v) is 21.7. The van der Waals surface area contributed by atoms with Gasteiger partial charge in [-0.2, -0.15) is 5.10 Å². The van der Waals surface area contributed by atoms with Crippen molar-refractivity contribution in [1.82, 2.24) is 30.1 Å². The second-order valence-corrected chi connectivity index (χ2v) is 10.7. The zero-order valence-electron chi connectivity index (χ0n) is 20.9. The first-order valence-electron chi connectivity index (χ1n) is 13.4. The van der Waals surface area contributed by atoms with Crippen molar-refractivity contribution in [3.05, 3.63) is 53.2 Å². The van der Waals surface area contributed by atoms with Gasteiger partial charge < -0.3 is 15.9 Å². The Kier molecular flexibility index (Phi) is 6.83. The van der Waals surface area contributed by atoms with Crippen LogP contribution in [0, 0.1) is 5.92 Å².